The Kier molecular flexibility index (Phi) is 7.86. The summed E-state index contributed by atoms with van der Waals surface area (Å²) in [5.74, 6) is -1.31. The van der Waals surface area contributed by atoms with Crippen LogP contribution in [0.2, 0.25) is 0 Å². The van der Waals surface area contributed by atoms with Gasteiger partial charge in [0.15, 0.2) is 0 Å². The van der Waals surface area contributed by atoms with Crippen molar-refractivity contribution in [3.8, 4) is 0 Å². The van der Waals surface area contributed by atoms with Gasteiger partial charge in [0.05, 0.1) is 19.0 Å². The van der Waals surface area contributed by atoms with Crippen LogP contribution in [0.3, 0.4) is 0 Å². The third-order valence-corrected chi connectivity index (χ3v) is 4.78. The van der Waals surface area contributed by atoms with E-state index in [1.807, 2.05) is 13.8 Å². The number of carbonyl (C=O) groups excluding carboxylic acids is 3. The van der Waals surface area contributed by atoms with Crippen molar-refractivity contribution in [3.05, 3.63) is 23.9 Å². The Labute approximate surface area is 165 Å². The predicted octanol–water partition coefficient (Wildman–Crippen LogP) is 2.17. The molecule has 1 fully saturated rings. The van der Waals surface area contributed by atoms with Gasteiger partial charge in [-0.05, 0) is 25.0 Å². The third-order valence-electron chi connectivity index (χ3n) is 4.78. The van der Waals surface area contributed by atoms with Crippen LogP contribution < -0.4 is 5.32 Å². The van der Waals surface area contributed by atoms with Crippen molar-refractivity contribution in [2.45, 2.75) is 51.7 Å². The van der Waals surface area contributed by atoms with Crippen LogP contribution in [0.1, 0.15) is 39.6 Å². The number of hydroxylamine groups is 2. The molecule has 1 aromatic heterocycles. The highest BCUT2D eigenvalue weighted by molar-refractivity contribution is 5.97. The molecule has 0 aromatic carbocycles. The first kappa shape index (κ1) is 21.7. The van der Waals surface area contributed by atoms with E-state index in [1.165, 1.54) is 4.90 Å². The van der Waals surface area contributed by atoms with Crippen LogP contribution in [0.4, 0.5) is 10.2 Å². The number of nitrogens with zero attached hydrogens (tertiary/aromatic N) is 3. The van der Waals surface area contributed by atoms with E-state index in [-0.39, 0.29) is 27.3 Å². The highest BCUT2D eigenvalue weighted by atomic mass is 19.1. The molecule has 156 valence electrons. The summed E-state index contributed by atoms with van der Waals surface area (Å²) >= 11 is 0. The summed E-state index contributed by atoms with van der Waals surface area (Å²) in [5, 5.41) is 12.5. The normalized spacial score (nSPS) is 19.9. The lowest BCUT2D eigenvalue weighted by Crippen LogP contribution is -2.47. The molecular weight excluding hydrogens is 367 g/mol. The fraction of sp³-hybridized carbons (Fsp3) is 0.579. The molecule has 1 aromatic rings. The summed E-state index contributed by atoms with van der Waals surface area (Å²) in [5.41, 5.74) is 0.932. The first-order valence-corrected chi connectivity index (χ1v) is 9.44. The van der Waals surface area contributed by atoms with Crippen molar-refractivity contribution in [2.24, 2.45) is 5.92 Å². The number of anilines is 1. The van der Waals surface area contributed by atoms with Crippen LogP contribution >= 0.6 is 0 Å². The number of nitrogens with one attached hydrogen (secondary N) is 1. The van der Waals surface area contributed by atoms with E-state index in [9.17, 15) is 24.0 Å². The van der Waals surface area contributed by atoms with E-state index in [2.05, 4.69) is 10.3 Å². The fourth-order valence-electron chi connectivity index (χ4n) is 3.27. The number of hydrogen-bond acceptors (Lipinski definition) is 5. The zero-order valence-corrected chi connectivity index (χ0v) is 16.2. The average molecular weight is 396 g/mol. The third kappa shape index (κ3) is 5.72. The van der Waals surface area contributed by atoms with Crippen LogP contribution in [0.5, 0.6) is 0 Å². The molecule has 1 aliphatic rings. The van der Waals surface area contributed by atoms with Gasteiger partial charge in [-0.15, -0.1) is 0 Å². The highest BCUT2D eigenvalue weighted by Crippen LogP contribution is 2.25. The van der Waals surface area contributed by atoms with Gasteiger partial charge in [0, 0.05) is 14.0 Å². The lowest BCUT2D eigenvalue weighted by atomic mass is 9.99. The maximum atomic E-state index is 14.1. The minimum atomic E-state index is -1.31. The monoisotopic (exact) mass is 396 g/mol. The maximum absolute atomic E-state index is 14.1. The van der Waals surface area contributed by atoms with Crippen molar-refractivity contribution >= 4 is 24.0 Å². The molecule has 2 heterocycles. The molecule has 8 nitrogen and oxygen atoms in total. The second-order valence-corrected chi connectivity index (χ2v) is 7.12. The summed E-state index contributed by atoms with van der Waals surface area (Å²) in [6.07, 6.45) is 2.38. The summed E-state index contributed by atoms with van der Waals surface area (Å²) in [7, 11) is 0. The first-order valence-electron chi connectivity index (χ1n) is 9.44. The fourth-order valence-corrected chi connectivity index (χ4v) is 3.27. The van der Waals surface area contributed by atoms with E-state index in [0.717, 1.165) is 12.0 Å². The number of hydrogen-bond donors (Lipinski definition) is 2. The standard InChI is InChI=1S/C19H27FN4O4.H2/c1-3-4-5-14(10-23(28)12-25)19(27)24-11-15(20)8-16(24)18(26)22-17-7-6-13(2)9-21-17;/h6-7,9,12,14-16,28H,3-5,8,10-11H2,1-2H3,(H,21,22,26);1H/t14-,15-,16+;/m1./s1. The van der Waals surface area contributed by atoms with Crippen LogP contribution in [0, 0.1) is 12.8 Å². The number of aryl methyl sites for hydroxylation is 1. The topological polar surface area (TPSA) is 103 Å². The molecule has 0 bridgehead atoms. The molecule has 2 N–H and O–H groups in total. The van der Waals surface area contributed by atoms with Gasteiger partial charge in [0.25, 0.3) is 0 Å². The van der Waals surface area contributed by atoms with Crippen LogP contribution in [-0.2, 0) is 14.4 Å². The smallest absolute Gasteiger partial charge is 0.248 e. The number of pyridine rings is 1. The molecule has 1 saturated heterocycles. The lowest BCUT2D eigenvalue weighted by Gasteiger charge is -2.28. The van der Waals surface area contributed by atoms with E-state index in [4.69, 9.17) is 0 Å². The average Bonchev–Trinajstić information content (AvgIpc) is 3.08. The largest absolute Gasteiger partial charge is 0.327 e. The Morgan fingerprint density at radius 1 is 1.54 bits per heavy atom. The molecule has 0 spiro atoms. The van der Waals surface area contributed by atoms with Crippen molar-refractivity contribution in [1.29, 1.82) is 0 Å². The highest BCUT2D eigenvalue weighted by Gasteiger charge is 2.42. The minimum absolute atomic E-state index is 0. The Hall–Kier alpha value is -2.55. The number of likely N-dealkylation sites (tertiary alicyclic amines) is 1. The Bertz CT molecular complexity index is 691. The molecule has 0 radical (unpaired) electrons. The number of alkyl halides is 1. The molecule has 0 unspecified atom stereocenters. The quantitative estimate of drug-likeness (QED) is 0.378. The number of aromatic nitrogens is 1. The van der Waals surface area contributed by atoms with Gasteiger partial charge >= 0.3 is 0 Å². The molecule has 9 heteroatoms. The summed E-state index contributed by atoms with van der Waals surface area (Å²) in [4.78, 5) is 41.7. The molecule has 2 rings (SSSR count). The number of amides is 3. The zero-order chi connectivity index (χ0) is 20.7. The van der Waals surface area contributed by atoms with Crippen LogP contribution in [0.15, 0.2) is 18.3 Å². The summed E-state index contributed by atoms with van der Waals surface area (Å²) in [6, 6.07) is 2.46. The van der Waals surface area contributed by atoms with Gasteiger partial charge in [0.2, 0.25) is 18.2 Å². The lowest BCUT2D eigenvalue weighted by molar-refractivity contribution is -0.157. The van der Waals surface area contributed by atoms with Gasteiger partial charge in [-0.3, -0.25) is 19.6 Å². The molecule has 3 atom stereocenters. The SMILES string of the molecule is CCCC[C@H](CN(O)C=O)C(=O)N1C[C@H](F)C[C@H]1C(=O)Nc1ccc(C)cn1.[HH]. The maximum Gasteiger partial charge on any atom is 0.248 e. The second-order valence-electron chi connectivity index (χ2n) is 7.12. The minimum Gasteiger partial charge on any atom is -0.327 e. The van der Waals surface area contributed by atoms with Crippen molar-refractivity contribution in [3.63, 3.8) is 0 Å². The molecule has 3 amide bonds. The summed E-state index contributed by atoms with van der Waals surface area (Å²) in [6.45, 7) is 3.44. The van der Waals surface area contributed by atoms with Gasteiger partial charge < -0.3 is 10.2 Å². The van der Waals surface area contributed by atoms with Crippen LogP contribution in [-0.4, -0.2) is 63.7 Å². The molecule has 28 heavy (non-hydrogen) atoms. The van der Waals surface area contributed by atoms with Crippen LogP contribution in [0.25, 0.3) is 0 Å². The number of carbonyl (C=O) groups is 3. The Morgan fingerprint density at radius 3 is 2.89 bits per heavy atom. The van der Waals surface area contributed by atoms with Crippen molar-refractivity contribution in [2.75, 3.05) is 18.4 Å². The van der Waals surface area contributed by atoms with Gasteiger partial charge in [-0.25, -0.2) is 14.4 Å². The molecule has 0 aliphatic carbocycles. The van der Waals surface area contributed by atoms with Gasteiger partial charge in [-0.1, -0.05) is 25.8 Å². The molecular formula is C19H29FN4O4. The number of unbranched alkanes of at least 4 members (excludes halogenated alkanes) is 1. The van der Waals surface area contributed by atoms with Gasteiger partial charge in [-0.2, -0.15) is 0 Å². The van der Waals surface area contributed by atoms with Crippen molar-refractivity contribution in [1.82, 2.24) is 14.9 Å². The summed E-state index contributed by atoms with van der Waals surface area (Å²) < 4.78 is 14.1. The number of halogens is 1. The van der Waals surface area contributed by atoms with Crippen molar-refractivity contribution < 1.29 is 25.4 Å². The van der Waals surface area contributed by atoms with E-state index in [0.29, 0.717) is 23.7 Å². The molecule has 0 saturated carbocycles. The Morgan fingerprint density at radius 2 is 2.29 bits per heavy atom. The zero-order valence-electron chi connectivity index (χ0n) is 16.2. The van der Waals surface area contributed by atoms with E-state index >= 15 is 0 Å². The van der Waals surface area contributed by atoms with Gasteiger partial charge in [0.1, 0.15) is 18.0 Å². The Balaban J connectivity index is 0.00000420. The molecule has 1 aliphatic heterocycles. The van der Waals surface area contributed by atoms with E-state index < -0.39 is 29.9 Å². The van der Waals surface area contributed by atoms with E-state index in [1.54, 1.807) is 18.3 Å². The predicted molar refractivity (Wildman–Crippen MR) is 102 cm³/mol. The first-order chi connectivity index (χ1) is 13.3. The number of rotatable bonds is 9. The second kappa shape index (κ2) is 10.1.